The summed E-state index contributed by atoms with van der Waals surface area (Å²) in [5.41, 5.74) is 8.27. The molecule has 0 amide bonds. The Balaban J connectivity index is 1.75. The predicted octanol–water partition coefficient (Wildman–Crippen LogP) is 4.28. The molecule has 0 spiro atoms. The van der Waals surface area contributed by atoms with Gasteiger partial charge in [-0.2, -0.15) is 13.2 Å². The van der Waals surface area contributed by atoms with Gasteiger partial charge >= 0.3 is 6.18 Å². The van der Waals surface area contributed by atoms with E-state index in [1.165, 1.54) is 31.4 Å². The van der Waals surface area contributed by atoms with Gasteiger partial charge in [-0.3, -0.25) is 0 Å². The molecule has 4 N–H and O–H groups in total. The lowest BCUT2D eigenvalue weighted by molar-refractivity contribution is -0.137. The lowest BCUT2D eigenvalue weighted by Gasteiger charge is -2.45. The number of benzene rings is 1. The number of hydrogen-bond acceptors (Lipinski definition) is 2. The third-order valence-electron chi connectivity index (χ3n) is 5.76. The number of allylic oxidation sites excluding steroid dienone is 1. The second-order valence-electron chi connectivity index (χ2n) is 7.56. The Labute approximate surface area is 158 Å². The monoisotopic (exact) mass is 380 g/mol. The van der Waals surface area contributed by atoms with Gasteiger partial charge < -0.3 is 16.4 Å². The molecule has 148 valence electrons. The Morgan fingerprint density at radius 2 is 1.74 bits per heavy atom. The van der Waals surface area contributed by atoms with Gasteiger partial charge in [-0.15, -0.1) is 0 Å². The molecule has 1 fully saturated rings. The van der Waals surface area contributed by atoms with Gasteiger partial charge in [0.1, 0.15) is 5.66 Å². The fraction of sp³-hybridized carbons (Fsp3) is 0.550. The zero-order valence-corrected chi connectivity index (χ0v) is 15.8. The molecule has 0 saturated heterocycles. The van der Waals surface area contributed by atoms with Crippen LogP contribution in [-0.4, -0.2) is 11.6 Å². The van der Waals surface area contributed by atoms with Crippen molar-refractivity contribution in [1.29, 1.82) is 0 Å². The molecule has 4 nitrogen and oxygen atoms in total. The van der Waals surface area contributed by atoms with Crippen molar-refractivity contribution in [1.82, 2.24) is 10.6 Å². The second-order valence-corrected chi connectivity index (χ2v) is 7.56. The largest absolute Gasteiger partial charge is 0.416 e. The number of alkyl halides is 3. The molecule has 1 atom stereocenters. The highest BCUT2D eigenvalue weighted by Crippen LogP contribution is 2.36. The van der Waals surface area contributed by atoms with Gasteiger partial charge in [0.25, 0.3) is 0 Å². The van der Waals surface area contributed by atoms with Crippen LogP contribution in [-0.2, 0) is 12.7 Å². The Bertz CT molecular complexity index is 731. The van der Waals surface area contributed by atoms with Crippen LogP contribution in [0.4, 0.5) is 13.2 Å². The first-order valence-corrected chi connectivity index (χ1v) is 9.43. The Morgan fingerprint density at radius 1 is 1.11 bits per heavy atom. The summed E-state index contributed by atoms with van der Waals surface area (Å²) >= 11 is 0. The maximum atomic E-state index is 12.7. The third-order valence-corrected chi connectivity index (χ3v) is 5.76. The minimum absolute atomic E-state index is 0.278. The summed E-state index contributed by atoms with van der Waals surface area (Å²) in [6.07, 6.45) is 1.46. The third kappa shape index (κ3) is 4.29. The lowest BCUT2D eigenvalue weighted by atomic mass is 9.76. The van der Waals surface area contributed by atoms with Crippen LogP contribution in [0.1, 0.15) is 57.1 Å². The van der Waals surface area contributed by atoms with E-state index in [2.05, 4.69) is 15.6 Å². The van der Waals surface area contributed by atoms with Crippen LogP contribution < -0.4 is 16.4 Å². The lowest BCUT2D eigenvalue weighted by Crippen LogP contribution is -2.67. The van der Waals surface area contributed by atoms with E-state index >= 15 is 0 Å². The summed E-state index contributed by atoms with van der Waals surface area (Å²) in [7, 11) is 0. The van der Waals surface area contributed by atoms with Crippen LogP contribution in [0.15, 0.2) is 40.5 Å². The predicted molar refractivity (Wildman–Crippen MR) is 101 cm³/mol. The summed E-state index contributed by atoms with van der Waals surface area (Å²) in [5.74, 6) is 0.922. The van der Waals surface area contributed by atoms with E-state index in [1.807, 2.05) is 13.8 Å². The first-order valence-electron chi connectivity index (χ1n) is 9.43. The molecule has 0 radical (unpaired) electrons. The number of guanidine groups is 1. The summed E-state index contributed by atoms with van der Waals surface area (Å²) in [4.78, 5) is 4.52. The van der Waals surface area contributed by atoms with E-state index in [0.717, 1.165) is 36.2 Å². The van der Waals surface area contributed by atoms with E-state index in [4.69, 9.17) is 5.73 Å². The van der Waals surface area contributed by atoms with Crippen LogP contribution in [0.2, 0.25) is 0 Å². The maximum absolute atomic E-state index is 12.7. The molecule has 1 aromatic rings. The SMILES string of the molecule is CC1=C(C)C(N)(C2CCCCC2)NC(=NCc2ccc(C(F)(F)F)cc2)N1. The van der Waals surface area contributed by atoms with E-state index in [1.54, 1.807) is 0 Å². The molecule has 1 heterocycles. The molecule has 7 heteroatoms. The van der Waals surface area contributed by atoms with Gasteiger partial charge in [-0.1, -0.05) is 31.4 Å². The van der Waals surface area contributed by atoms with Gasteiger partial charge in [-0.25, -0.2) is 4.99 Å². The van der Waals surface area contributed by atoms with E-state index in [0.29, 0.717) is 17.4 Å². The van der Waals surface area contributed by atoms with Crippen molar-refractivity contribution in [3.8, 4) is 0 Å². The molecule has 1 aliphatic heterocycles. The minimum atomic E-state index is -4.32. The average molecular weight is 380 g/mol. The highest BCUT2D eigenvalue weighted by atomic mass is 19.4. The summed E-state index contributed by atoms with van der Waals surface area (Å²) in [5, 5.41) is 6.59. The quantitative estimate of drug-likeness (QED) is 0.733. The molecule has 1 aliphatic carbocycles. The zero-order valence-electron chi connectivity index (χ0n) is 15.8. The summed E-state index contributed by atoms with van der Waals surface area (Å²) in [6, 6.07) is 5.09. The summed E-state index contributed by atoms with van der Waals surface area (Å²) < 4.78 is 38.0. The Kier molecular flexibility index (Phi) is 5.51. The molecule has 27 heavy (non-hydrogen) atoms. The highest BCUT2D eigenvalue weighted by Gasteiger charge is 2.41. The van der Waals surface area contributed by atoms with Gasteiger partial charge in [0, 0.05) is 5.70 Å². The van der Waals surface area contributed by atoms with Gasteiger partial charge in [0.05, 0.1) is 12.1 Å². The zero-order chi connectivity index (χ0) is 19.7. The van der Waals surface area contributed by atoms with Crippen LogP contribution in [0.25, 0.3) is 0 Å². The van der Waals surface area contributed by atoms with E-state index in [-0.39, 0.29) is 6.54 Å². The number of nitrogens with two attached hydrogens (primary N) is 1. The van der Waals surface area contributed by atoms with Crippen molar-refractivity contribution in [3.05, 3.63) is 46.7 Å². The van der Waals surface area contributed by atoms with Crippen LogP contribution >= 0.6 is 0 Å². The van der Waals surface area contributed by atoms with Crippen LogP contribution in [0.5, 0.6) is 0 Å². The number of aliphatic imine (C=N–C) groups is 1. The van der Waals surface area contributed by atoms with Crippen LogP contribution in [0, 0.1) is 5.92 Å². The molecule has 1 aromatic carbocycles. The van der Waals surface area contributed by atoms with Crippen molar-refractivity contribution in [3.63, 3.8) is 0 Å². The second kappa shape index (κ2) is 7.54. The Hall–Kier alpha value is -2.02. The topological polar surface area (TPSA) is 62.4 Å². The van der Waals surface area contributed by atoms with Gasteiger partial charge in [-0.05, 0) is 55.9 Å². The minimum Gasteiger partial charge on any atom is -0.334 e. The number of hydrogen-bond donors (Lipinski definition) is 3. The molecular weight excluding hydrogens is 353 g/mol. The molecule has 2 aliphatic rings. The molecule has 1 unspecified atom stereocenters. The smallest absolute Gasteiger partial charge is 0.334 e. The molecule has 0 bridgehead atoms. The Morgan fingerprint density at radius 3 is 2.33 bits per heavy atom. The standard InChI is InChI=1S/C20H27F3N4/c1-13-14(2)26-18(27-19(13,24)16-6-4-3-5-7-16)25-12-15-8-10-17(11-9-15)20(21,22)23/h8-11,16H,3-7,12,24H2,1-2H3,(H2,25,26,27). The van der Waals surface area contributed by atoms with Gasteiger partial charge in [0.15, 0.2) is 5.96 Å². The summed E-state index contributed by atoms with van der Waals surface area (Å²) in [6.45, 7) is 4.30. The molecular formula is C20H27F3N4. The van der Waals surface area contributed by atoms with Crippen LogP contribution in [0.3, 0.4) is 0 Å². The van der Waals surface area contributed by atoms with E-state index in [9.17, 15) is 13.2 Å². The van der Waals surface area contributed by atoms with Crippen molar-refractivity contribution < 1.29 is 13.2 Å². The number of rotatable bonds is 3. The van der Waals surface area contributed by atoms with Crippen molar-refractivity contribution in [2.45, 2.75) is 64.3 Å². The number of halogens is 3. The fourth-order valence-electron chi connectivity index (χ4n) is 3.92. The normalized spacial score (nSPS) is 26.1. The number of nitrogens with one attached hydrogen (secondary N) is 2. The molecule has 1 saturated carbocycles. The van der Waals surface area contributed by atoms with Crippen molar-refractivity contribution in [2.24, 2.45) is 16.6 Å². The number of nitrogens with zero attached hydrogens (tertiary/aromatic N) is 1. The van der Waals surface area contributed by atoms with Crippen molar-refractivity contribution in [2.75, 3.05) is 0 Å². The van der Waals surface area contributed by atoms with E-state index < -0.39 is 17.4 Å². The van der Waals surface area contributed by atoms with Crippen molar-refractivity contribution >= 4 is 5.96 Å². The average Bonchev–Trinajstić information content (AvgIpc) is 2.64. The molecule has 0 aromatic heterocycles. The first-order chi connectivity index (χ1) is 12.7. The highest BCUT2D eigenvalue weighted by molar-refractivity contribution is 5.84. The fourth-order valence-corrected chi connectivity index (χ4v) is 3.92. The first kappa shape index (κ1) is 19.7. The van der Waals surface area contributed by atoms with Gasteiger partial charge in [0.2, 0.25) is 0 Å². The molecule has 3 rings (SSSR count). The maximum Gasteiger partial charge on any atom is 0.416 e.